The van der Waals surface area contributed by atoms with Gasteiger partial charge in [0.25, 0.3) is 0 Å². The van der Waals surface area contributed by atoms with Crippen LogP contribution in [0.3, 0.4) is 0 Å². The second-order valence-corrected chi connectivity index (χ2v) is 3.59. The van der Waals surface area contributed by atoms with E-state index in [0.29, 0.717) is 5.56 Å². The summed E-state index contributed by atoms with van der Waals surface area (Å²) < 4.78 is 27.7. The van der Waals surface area contributed by atoms with Gasteiger partial charge in [0.2, 0.25) is 0 Å². The van der Waals surface area contributed by atoms with E-state index in [1.165, 1.54) is 12.1 Å². The molecule has 2 N–H and O–H groups in total. The van der Waals surface area contributed by atoms with Gasteiger partial charge >= 0.3 is 0 Å². The zero-order valence-corrected chi connectivity index (χ0v) is 8.69. The summed E-state index contributed by atoms with van der Waals surface area (Å²) in [5.74, 6) is -1.25. The van der Waals surface area contributed by atoms with Gasteiger partial charge < -0.3 is 5.73 Å². The van der Waals surface area contributed by atoms with E-state index in [0.717, 1.165) is 6.07 Å². The third kappa shape index (κ3) is 1.94. The average Bonchev–Trinajstić information content (AvgIpc) is 2.64. The molecule has 0 saturated carbocycles. The molecule has 0 aliphatic heterocycles. The Morgan fingerprint density at radius 1 is 1.38 bits per heavy atom. The van der Waals surface area contributed by atoms with Gasteiger partial charge in [-0.3, -0.25) is 4.68 Å². The number of rotatable bonds is 2. The monoisotopic (exact) mass is 223 g/mol. The summed E-state index contributed by atoms with van der Waals surface area (Å²) in [4.78, 5) is 0. The van der Waals surface area contributed by atoms with Crippen LogP contribution in [0.15, 0.2) is 30.6 Å². The molecule has 1 aromatic carbocycles. The first-order valence-electron chi connectivity index (χ1n) is 4.77. The molecule has 0 aliphatic carbocycles. The van der Waals surface area contributed by atoms with Crippen LogP contribution in [-0.4, -0.2) is 9.78 Å². The molecule has 0 aliphatic rings. The Labute approximate surface area is 91.5 Å². The van der Waals surface area contributed by atoms with Crippen LogP contribution >= 0.6 is 0 Å². The van der Waals surface area contributed by atoms with Crippen LogP contribution in [0.1, 0.15) is 17.2 Å². The number of halogens is 2. The van der Waals surface area contributed by atoms with Crippen molar-refractivity contribution in [2.45, 2.75) is 6.04 Å². The second kappa shape index (κ2) is 4.02. The third-order valence-corrected chi connectivity index (χ3v) is 2.38. The van der Waals surface area contributed by atoms with Gasteiger partial charge in [0.15, 0.2) is 0 Å². The van der Waals surface area contributed by atoms with Crippen molar-refractivity contribution in [1.82, 2.24) is 9.78 Å². The first kappa shape index (κ1) is 10.8. The number of hydrogen-bond donors (Lipinski definition) is 1. The van der Waals surface area contributed by atoms with Crippen LogP contribution in [-0.2, 0) is 7.05 Å². The summed E-state index contributed by atoms with van der Waals surface area (Å²) in [6, 6.07) is 2.73. The van der Waals surface area contributed by atoms with E-state index in [2.05, 4.69) is 5.10 Å². The minimum Gasteiger partial charge on any atom is -0.320 e. The SMILES string of the molecule is Cn1cc(C(N)c2ccc(F)cc2F)cn1. The summed E-state index contributed by atoms with van der Waals surface area (Å²) in [6.07, 6.45) is 3.26. The Balaban J connectivity index is 2.37. The lowest BCUT2D eigenvalue weighted by Crippen LogP contribution is -2.13. The molecule has 0 amide bonds. The third-order valence-electron chi connectivity index (χ3n) is 2.38. The van der Waals surface area contributed by atoms with E-state index < -0.39 is 17.7 Å². The van der Waals surface area contributed by atoms with E-state index in [1.54, 1.807) is 24.1 Å². The lowest BCUT2D eigenvalue weighted by Gasteiger charge is -2.10. The van der Waals surface area contributed by atoms with Gasteiger partial charge in [-0.25, -0.2) is 8.78 Å². The quantitative estimate of drug-likeness (QED) is 0.842. The first-order valence-corrected chi connectivity index (χ1v) is 4.77. The Bertz CT molecular complexity index is 508. The number of aryl methyl sites for hydroxylation is 1. The van der Waals surface area contributed by atoms with Gasteiger partial charge in [-0.2, -0.15) is 5.10 Å². The Morgan fingerprint density at radius 3 is 2.69 bits per heavy atom. The highest BCUT2D eigenvalue weighted by molar-refractivity contribution is 5.30. The number of benzene rings is 1. The van der Waals surface area contributed by atoms with Gasteiger partial charge in [0.1, 0.15) is 11.6 Å². The Hall–Kier alpha value is -1.75. The number of hydrogen-bond acceptors (Lipinski definition) is 2. The molecule has 0 fully saturated rings. The smallest absolute Gasteiger partial charge is 0.131 e. The fraction of sp³-hybridized carbons (Fsp3) is 0.182. The molecule has 0 radical (unpaired) electrons. The van der Waals surface area contributed by atoms with E-state index in [1.807, 2.05) is 0 Å². The molecular weight excluding hydrogens is 212 g/mol. The second-order valence-electron chi connectivity index (χ2n) is 3.59. The van der Waals surface area contributed by atoms with Crippen molar-refractivity contribution in [1.29, 1.82) is 0 Å². The highest BCUT2D eigenvalue weighted by Gasteiger charge is 2.15. The topological polar surface area (TPSA) is 43.8 Å². The Morgan fingerprint density at radius 2 is 2.12 bits per heavy atom. The van der Waals surface area contributed by atoms with Crippen LogP contribution in [0.4, 0.5) is 8.78 Å². The minimum atomic E-state index is -0.642. The van der Waals surface area contributed by atoms with E-state index in [4.69, 9.17) is 5.73 Å². The lowest BCUT2D eigenvalue weighted by molar-refractivity contribution is 0.566. The van der Waals surface area contributed by atoms with Crippen LogP contribution in [0.25, 0.3) is 0 Å². The fourth-order valence-corrected chi connectivity index (χ4v) is 1.53. The molecule has 0 bridgehead atoms. The van der Waals surface area contributed by atoms with Crippen LogP contribution in [0.5, 0.6) is 0 Å². The van der Waals surface area contributed by atoms with Gasteiger partial charge in [0, 0.05) is 30.4 Å². The predicted octanol–water partition coefficient (Wildman–Crippen LogP) is 1.75. The van der Waals surface area contributed by atoms with Crippen molar-refractivity contribution < 1.29 is 8.78 Å². The molecule has 1 atom stereocenters. The summed E-state index contributed by atoms with van der Waals surface area (Å²) in [6.45, 7) is 0. The van der Waals surface area contributed by atoms with Crippen molar-refractivity contribution in [2.24, 2.45) is 12.8 Å². The molecule has 5 heteroatoms. The molecule has 2 aromatic rings. The van der Waals surface area contributed by atoms with Crippen LogP contribution < -0.4 is 5.73 Å². The van der Waals surface area contributed by atoms with Gasteiger partial charge in [0.05, 0.1) is 12.2 Å². The summed E-state index contributed by atoms with van der Waals surface area (Å²) in [5, 5.41) is 3.95. The molecule has 1 heterocycles. The molecule has 1 aromatic heterocycles. The van der Waals surface area contributed by atoms with Crippen molar-refractivity contribution in [3.05, 3.63) is 53.4 Å². The molecule has 3 nitrogen and oxygen atoms in total. The zero-order chi connectivity index (χ0) is 11.7. The highest BCUT2D eigenvalue weighted by Crippen LogP contribution is 2.22. The van der Waals surface area contributed by atoms with Crippen molar-refractivity contribution in [3.63, 3.8) is 0 Å². The zero-order valence-electron chi connectivity index (χ0n) is 8.69. The molecule has 0 saturated heterocycles. The van der Waals surface area contributed by atoms with E-state index >= 15 is 0 Å². The summed E-state index contributed by atoms with van der Waals surface area (Å²) >= 11 is 0. The molecule has 84 valence electrons. The highest BCUT2D eigenvalue weighted by atomic mass is 19.1. The van der Waals surface area contributed by atoms with E-state index in [9.17, 15) is 8.78 Å². The summed E-state index contributed by atoms with van der Waals surface area (Å²) in [5.41, 5.74) is 6.81. The maximum absolute atomic E-state index is 13.4. The van der Waals surface area contributed by atoms with Crippen LogP contribution in [0.2, 0.25) is 0 Å². The minimum absolute atomic E-state index is 0.259. The van der Waals surface area contributed by atoms with Gasteiger partial charge in [-0.15, -0.1) is 0 Å². The first-order chi connectivity index (χ1) is 7.58. The number of nitrogens with zero attached hydrogens (tertiary/aromatic N) is 2. The Kier molecular flexibility index (Phi) is 2.70. The maximum Gasteiger partial charge on any atom is 0.131 e. The predicted molar refractivity (Wildman–Crippen MR) is 55.6 cm³/mol. The fourth-order valence-electron chi connectivity index (χ4n) is 1.53. The lowest BCUT2D eigenvalue weighted by atomic mass is 10.0. The van der Waals surface area contributed by atoms with Crippen molar-refractivity contribution >= 4 is 0 Å². The standard InChI is InChI=1S/C11H11F2N3/c1-16-6-7(5-15-16)11(14)9-3-2-8(12)4-10(9)13/h2-6,11H,14H2,1H3. The average molecular weight is 223 g/mol. The maximum atomic E-state index is 13.4. The van der Waals surface area contributed by atoms with Crippen LogP contribution in [0, 0.1) is 11.6 Å². The normalized spacial score (nSPS) is 12.8. The van der Waals surface area contributed by atoms with Crippen molar-refractivity contribution in [2.75, 3.05) is 0 Å². The number of aromatic nitrogens is 2. The molecule has 16 heavy (non-hydrogen) atoms. The molecule has 0 spiro atoms. The molecule has 1 unspecified atom stereocenters. The van der Waals surface area contributed by atoms with Crippen molar-refractivity contribution in [3.8, 4) is 0 Å². The van der Waals surface area contributed by atoms with E-state index in [-0.39, 0.29) is 5.56 Å². The largest absolute Gasteiger partial charge is 0.320 e. The molecular formula is C11H11F2N3. The van der Waals surface area contributed by atoms with Gasteiger partial charge in [-0.1, -0.05) is 6.07 Å². The number of nitrogens with two attached hydrogens (primary N) is 1. The summed E-state index contributed by atoms with van der Waals surface area (Å²) in [7, 11) is 1.75. The molecule has 2 rings (SSSR count). The van der Waals surface area contributed by atoms with Gasteiger partial charge in [-0.05, 0) is 6.07 Å².